The van der Waals surface area contributed by atoms with E-state index in [0.29, 0.717) is 6.54 Å². The summed E-state index contributed by atoms with van der Waals surface area (Å²) in [4.78, 5) is 12.7. The van der Waals surface area contributed by atoms with Crippen molar-refractivity contribution < 1.29 is 9.90 Å². The molecule has 0 unspecified atom stereocenters. The summed E-state index contributed by atoms with van der Waals surface area (Å²) in [7, 11) is 0. The van der Waals surface area contributed by atoms with Crippen molar-refractivity contribution in [2.75, 3.05) is 11.4 Å². The van der Waals surface area contributed by atoms with Crippen molar-refractivity contribution in [3.05, 3.63) is 28.7 Å². The molecule has 0 aliphatic rings. The molecule has 0 saturated heterocycles. The Kier molecular flexibility index (Phi) is 4.80. The summed E-state index contributed by atoms with van der Waals surface area (Å²) in [6.45, 7) is 4.64. The Morgan fingerprint density at radius 3 is 2.56 bits per heavy atom. The van der Waals surface area contributed by atoms with E-state index < -0.39 is 5.97 Å². The van der Waals surface area contributed by atoms with Crippen molar-refractivity contribution >= 4 is 27.6 Å². The summed E-state index contributed by atoms with van der Waals surface area (Å²) in [5.74, 6) is -0.766. The van der Waals surface area contributed by atoms with Crippen LogP contribution in [-0.4, -0.2) is 23.7 Å². The molecule has 0 amide bonds. The Morgan fingerprint density at radius 2 is 2.06 bits per heavy atom. The van der Waals surface area contributed by atoms with Crippen LogP contribution >= 0.6 is 15.9 Å². The van der Waals surface area contributed by atoms with Crippen molar-refractivity contribution in [3.8, 4) is 0 Å². The minimum Gasteiger partial charge on any atom is -0.481 e. The van der Waals surface area contributed by atoms with Gasteiger partial charge in [0.05, 0.1) is 12.1 Å². The van der Waals surface area contributed by atoms with Gasteiger partial charge in [-0.3, -0.25) is 4.79 Å². The Balaban J connectivity index is 2.85. The first kappa shape index (κ1) is 13.0. The number of carbonyl (C=O) groups is 1. The SMILES string of the molecule is CC(C)N(CCC(=O)O)c1ccccc1Br. The normalized spacial score (nSPS) is 10.5. The van der Waals surface area contributed by atoms with Crippen LogP contribution in [0.5, 0.6) is 0 Å². The van der Waals surface area contributed by atoms with Crippen LogP contribution in [0.25, 0.3) is 0 Å². The number of rotatable bonds is 5. The van der Waals surface area contributed by atoms with Crippen LogP contribution < -0.4 is 4.90 Å². The summed E-state index contributed by atoms with van der Waals surface area (Å²) in [5, 5.41) is 8.72. The summed E-state index contributed by atoms with van der Waals surface area (Å²) in [6, 6.07) is 8.13. The molecule has 3 nitrogen and oxygen atoms in total. The molecule has 1 aromatic rings. The van der Waals surface area contributed by atoms with Crippen LogP contribution in [0.15, 0.2) is 28.7 Å². The van der Waals surface area contributed by atoms with Gasteiger partial charge in [-0.25, -0.2) is 0 Å². The second-order valence-corrected chi connectivity index (χ2v) is 4.74. The van der Waals surface area contributed by atoms with Crippen LogP contribution in [0.1, 0.15) is 20.3 Å². The topological polar surface area (TPSA) is 40.5 Å². The minimum absolute atomic E-state index is 0.152. The Morgan fingerprint density at radius 1 is 1.44 bits per heavy atom. The van der Waals surface area contributed by atoms with Crippen LogP contribution in [0.3, 0.4) is 0 Å². The van der Waals surface area contributed by atoms with Crippen LogP contribution in [0.2, 0.25) is 0 Å². The van der Waals surface area contributed by atoms with Gasteiger partial charge in [-0.2, -0.15) is 0 Å². The highest BCUT2D eigenvalue weighted by Crippen LogP contribution is 2.27. The van der Waals surface area contributed by atoms with E-state index in [-0.39, 0.29) is 12.5 Å². The molecule has 1 N–H and O–H groups in total. The summed E-state index contributed by atoms with van der Waals surface area (Å²) < 4.78 is 0.995. The van der Waals surface area contributed by atoms with Gasteiger partial charge in [0.25, 0.3) is 0 Å². The third-order valence-corrected chi connectivity index (χ3v) is 3.02. The van der Waals surface area contributed by atoms with Crippen LogP contribution in [0.4, 0.5) is 5.69 Å². The number of carboxylic acid groups (broad SMARTS) is 1. The molecule has 88 valence electrons. The zero-order valence-corrected chi connectivity index (χ0v) is 11.1. The lowest BCUT2D eigenvalue weighted by Gasteiger charge is -2.29. The molecular weight excluding hydrogens is 270 g/mol. The third-order valence-electron chi connectivity index (χ3n) is 2.35. The number of para-hydroxylation sites is 1. The zero-order chi connectivity index (χ0) is 12.1. The van der Waals surface area contributed by atoms with Crippen LogP contribution in [0, 0.1) is 0 Å². The van der Waals surface area contributed by atoms with Crippen molar-refractivity contribution in [3.63, 3.8) is 0 Å². The van der Waals surface area contributed by atoms with Gasteiger partial charge in [0.1, 0.15) is 0 Å². The molecular formula is C12H16BrNO2. The molecule has 16 heavy (non-hydrogen) atoms. The lowest BCUT2D eigenvalue weighted by atomic mass is 10.2. The first-order valence-corrected chi connectivity index (χ1v) is 6.04. The number of carboxylic acids is 1. The predicted octanol–water partition coefficient (Wildman–Crippen LogP) is 3.14. The second kappa shape index (κ2) is 5.89. The van der Waals surface area contributed by atoms with Gasteiger partial charge in [0.15, 0.2) is 0 Å². The molecule has 0 bridgehead atoms. The van der Waals surface area contributed by atoms with E-state index in [0.717, 1.165) is 10.2 Å². The average Bonchev–Trinajstić information content (AvgIpc) is 2.20. The van der Waals surface area contributed by atoms with E-state index >= 15 is 0 Å². The maximum Gasteiger partial charge on any atom is 0.305 e. The molecule has 1 aromatic carbocycles. The molecule has 0 aliphatic carbocycles. The molecule has 0 saturated carbocycles. The highest BCUT2D eigenvalue weighted by molar-refractivity contribution is 9.10. The van der Waals surface area contributed by atoms with E-state index in [4.69, 9.17) is 5.11 Å². The maximum atomic E-state index is 10.6. The van der Waals surface area contributed by atoms with Gasteiger partial charge >= 0.3 is 5.97 Å². The number of benzene rings is 1. The monoisotopic (exact) mass is 285 g/mol. The number of aliphatic carboxylic acids is 1. The van der Waals surface area contributed by atoms with Gasteiger partial charge in [-0.05, 0) is 41.9 Å². The fourth-order valence-corrected chi connectivity index (χ4v) is 2.07. The van der Waals surface area contributed by atoms with Crippen LogP contribution in [-0.2, 0) is 4.79 Å². The summed E-state index contributed by atoms with van der Waals surface area (Å²) in [6.07, 6.45) is 0.152. The molecule has 0 aromatic heterocycles. The van der Waals surface area contributed by atoms with E-state index in [2.05, 4.69) is 34.7 Å². The Labute approximate surface area is 104 Å². The smallest absolute Gasteiger partial charge is 0.305 e. The third kappa shape index (κ3) is 3.52. The molecule has 0 heterocycles. The number of hydrogen-bond donors (Lipinski definition) is 1. The number of anilines is 1. The fourth-order valence-electron chi connectivity index (χ4n) is 1.56. The quantitative estimate of drug-likeness (QED) is 0.904. The van der Waals surface area contributed by atoms with E-state index in [1.165, 1.54) is 0 Å². The van der Waals surface area contributed by atoms with Gasteiger partial charge in [-0.1, -0.05) is 12.1 Å². The Bertz CT molecular complexity index is 366. The first-order valence-electron chi connectivity index (χ1n) is 5.25. The highest BCUT2D eigenvalue weighted by atomic mass is 79.9. The van der Waals surface area contributed by atoms with Crippen molar-refractivity contribution in [1.82, 2.24) is 0 Å². The lowest BCUT2D eigenvalue weighted by Crippen LogP contribution is -2.33. The Hall–Kier alpha value is -1.03. The first-order chi connectivity index (χ1) is 7.52. The van der Waals surface area contributed by atoms with Crippen molar-refractivity contribution in [1.29, 1.82) is 0 Å². The fraction of sp³-hybridized carbons (Fsp3) is 0.417. The van der Waals surface area contributed by atoms with Gasteiger partial charge in [0, 0.05) is 17.1 Å². The van der Waals surface area contributed by atoms with E-state index in [1.54, 1.807) is 0 Å². The highest BCUT2D eigenvalue weighted by Gasteiger charge is 2.14. The molecule has 4 heteroatoms. The number of nitrogens with zero attached hydrogens (tertiary/aromatic N) is 1. The maximum absolute atomic E-state index is 10.6. The standard InChI is InChI=1S/C12H16BrNO2/c1-9(2)14(8-7-12(15)16)11-6-4-3-5-10(11)13/h3-6,9H,7-8H2,1-2H3,(H,15,16). The van der Waals surface area contributed by atoms with Crippen molar-refractivity contribution in [2.24, 2.45) is 0 Å². The van der Waals surface area contributed by atoms with Gasteiger partial charge in [0.2, 0.25) is 0 Å². The van der Waals surface area contributed by atoms with E-state index in [9.17, 15) is 4.79 Å². The lowest BCUT2D eigenvalue weighted by molar-refractivity contribution is -0.136. The number of halogens is 1. The molecule has 0 aliphatic heterocycles. The summed E-state index contributed by atoms with van der Waals surface area (Å²) >= 11 is 3.48. The molecule has 0 spiro atoms. The number of hydrogen-bond acceptors (Lipinski definition) is 2. The molecule has 0 atom stereocenters. The van der Waals surface area contributed by atoms with E-state index in [1.807, 2.05) is 24.3 Å². The minimum atomic E-state index is -0.766. The van der Waals surface area contributed by atoms with Crippen molar-refractivity contribution in [2.45, 2.75) is 26.3 Å². The predicted molar refractivity (Wildman–Crippen MR) is 68.9 cm³/mol. The largest absolute Gasteiger partial charge is 0.481 e. The average molecular weight is 286 g/mol. The second-order valence-electron chi connectivity index (χ2n) is 3.88. The summed E-state index contributed by atoms with van der Waals surface area (Å²) in [5.41, 5.74) is 1.04. The molecule has 1 rings (SSSR count). The molecule has 0 fully saturated rings. The van der Waals surface area contributed by atoms with Gasteiger partial charge < -0.3 is 10.0 Å². The zero-order valence-electron chi connectivity index (χ0n) is 9.48. The molecule has 0 radical (unpaired) electrons. The van der Waals surface area contributed by atoms with Gasteiger partial charge in [-0.15, -0.1) is 0 Å².